The first-order chi connectivity index (χ1) is 14.1. The molecular formula is C26H29BClO2. The first-order valence-electron chi connectivity index (χ1n) is 10.6. The summed E-state index contributed by atoms with van der Waals surface area (Å²) in [6.07, 6.45) is 2.38. The van der Waals surface area contributed by atoms with Crippen molar-refractivity contribution >= 4 is 35.3 Å². The summed E-state index contributed by atoms with van der Waals surface area (Å²) in [5.74, 6) is 0.541. The fraction of sp³-hybridized carbons (Fsp3) is 0.385. The quantitative estimate of drug-likeness (QED) is 0.485. The summed E-state index contributed by atoms with van der Waals surface area (Å²) < 4.78 is 6.15. The average molecular weight is 420 g/mol. The van der Waals surface area contributed by atoms with Gasteiger partial charge in [0.2, 0.25) is 0 Å². The Balaban J connectivity index is 1.85. The molecule has 3 aromatic rings. The van der Waals surface area contributed by atoms with Gasteiger partial charge in [0.25, 0.3) is 0 Å². The molecule has 0 spiro atoms. The lowest BCUT2D eigenvalue weighted by Crippen LogP contribution is -2.49. The number of aliphatic hydroxyl groups is 1. The second kappa shape index (κ2) is 7.71. The van der Waals surface area contributed by atoms with Crippen LogP contribution in [0.15, 0.2) is 48.5 Å². The summed E-state index contributed by atoms with van der Waals surface area (Å²) >= 11 is 6.53. The lowest BCUT2D eigenvalue weighted by atomic mass is 9.75. The molecule has 1 radical (unpaired) electrons. The van der Waals surface area contributed by atoms with Crippen molar-refractivity contribution in [1.29, 1.82) is 0 Å². The first kappa shape index (κ1) is 21.4. The molecule has 0 saturated heterocycles. The normalized spacial score (nSPS) is 14.9. The molecule has 0 unspecified atom stereocenters. The van der Waals surface area contributed by atoms with Crippen molar-refractivity contribution in [3.05, 3.63) is 64.7 Å². The van der Waals surface area contributed by atoms with Crippen LogP contribution in [0.3, 0.4) is 0 Å². The van der Waals surface area contributed by atoms with Crippen LogP contribution in [0.5, 0.6) is 0 Å². The van der Waals surface area contributed by atoms with Crippen LogP contribution in [0.1, 0.15) is 57.6 Å². The van der Waals surface area contributed by atoms with Crippen molar-refractivity contribution in [3.63, 3.8) is 0 Å². The molecule has 0 bridgehead atoms. The van der Waals surface area contributed by atoms with Crippen LogP contribution >= 0.6 is 11.6 Å². The molecular weight excluding hydrogens is 391 g/mol. The third-order valence-corrected chi connectivity index (χ3v) is 6.72. The van der Waals surface area contributed by atoms with E-state index in [-0.39, 0.29) is 0 Å². The SMILES string of the molecule is Cc1cc2ccccc2cc1-c1c([B]OC(C)(C)C(C)(C)O)cc(Cl)cc1C1CC1. The van der Waals surface area contributed by atoms with E-state index in [1.807, 2.05) is 19.9 Å². The minimum absolute atomic E-state index is 0.541. The zero-order valence-electron chi connectivity index (χ0n) is 18.4. The van der Waals surface area contributed by atoms with Gasteiger partial charge in [0, 0.05) is 5.02 Å². The van der Waals surface area contributed by atoms with E-state index in [2.05, 4.69) is 49.4 Å². The van der Waals surface area contributed by atoms with Crippen LogP contribution in [0, 0.1) is 6.92 Å². The third-order valence-electron chi connectivity index (χ3n) is 6.50. The molecule has 155 valence electrons. The summed E-state index contributed by atoms with van der Waals surface area (Å²) in [4.78, 5) is 0. The Hall–Kier alpha value is -1.81. The molecule has 1 N–H and O–H groups in total. The Labute approximate surface area is 185 Å². The van der Waals surface area contributed by atoms with Gasteiger partial charge < -0.3 is 9.76 Å². The van der Waals surface area contributed by atoms with Crippen molar-refractivity contribution in [3.8, 4) is 11.1 Å². The van der Waals surface area contributed by atoms with E-state index in [0.717, 1.165) is 10.5 Å². The van der Waals surface area contributed by atoms with Crippen LogP contribution in [0.4, 0.5) is 0 Å². The van der Waals surface area contributed by atoms with Crippen molar-refractivity contribution in [2.75, 3.05) is 0 Å². The summed E-state index contributed by atoms with van der Waals surface area (Å²) in [7, 11) is 1.78. The lowest BCUT2D eigenvalue weighted by molar-refractivity contribution is -0.0893. The number of fused-ring (bicyclic) bond motifs is 1. The second-order valence-electron chi connectivity index (χ2n) is 9.55. The monoisotopic (exact) mass is 419 g/mol. The summed E-state index contributed by atoms with van der Waals surface area (Å²) in [6, 6.07) is 17.1. The average Bonchev–Trinajstić information content (AvgIpc) is 3.50. The van der Waals surface area contributed by atoms with E-state index in [0.29, 0.717) is 5.92 Å². The number of aryl methyl sites for hydroxylation is 1. The third kappa shape index (κ3) is 4.16. The maximum atomic E-state index is 10.5. The van der Waals surface area contributed by atoms with Crippen LogP contribution in [0.25, 0.3) is 21.9 Å². The number of benzene rings is 3. The standard InChI is InChI=1S/C26H29BClO2/c1-16-12-18-8-6-7-9-19(18)13-21(16)24-22(17-10-11-17)14-20(28)15-23(24)27-30-26(4,5)25(2,3)29/h6-9,12-15,17,29H,10-11H2,1-5H3. The van der Waals surface area contributed by atoms with Gasteiger partial charge >= 0.3 is 7.48 Å². The van der Waals surface area contributed by atoms with Crippen LogP contribution in [-0.2, 0) is 4.65 Å². The number of hydrogen-bond acceptors (Lipinski definition) is 2. The molecule has 3 aromatic carbocycles. The van der Waals surface area contributed by atoms with E-state index < -0.39 is 11.2 Å². The molecule has 4 rings (SSSR count). The molecule has 1 saturated carbocycles. The van der Waals surface area contributed by atoms with Gasteiger partial charge in [-0.2, -0.15) is 0 Å². The highest BCUT2D eigenvalue weighted by Crippen LogP contribution is 2.45. The predicted octanol–water partition coefficient (Wildman–Crippen LogP) is 6.16. The van der Waals surface area contributed by atoms with Crippen molar-refractivity contribution in [1.82, 2.24) is 0 Å². The lowest BCUT2D eigenvalue weighted by Gasteiger charge is -2.37. The summed E-state index contributed by atoms with van der Waals surface area (Å²) in [6.45, 7) is 9.50. The molecule has 0 heterocycles. The molecule has 1 fully saturated rings. The molecule has 0 atom stereocenters. The fourth-order valence-corrected chi connectivity index (χ4v) is 3.98. The Morgan fingerprint density at radius 2 is 1.63 bits per heavy atom. The van der Waals surface area contributed by atoms with Gasteiger partial charge in [-0.25, -0.2) is 0 Å². The highest BCUT2D eigenvalue weighted by molar-refractivity contribution is 6.50. The largest absolute Gasteiger partial charge is 0.427 e. The molecule has 30 heavy (non-hydrogen) atoms. The molecule has 0 amide bonds. The Morgan fingerprint density at radius 3 is 2.23 bits per heavy atom. The van der Waals surface area contributed by atoms with Crippen LogP contribution < -0.4 is 5.46 Å². The van der Waals surface area contributed by atoms with Gasteiger partial charge in [0.15, 0.2) is 0 Å². The molecule has 1 aliphatic carbocycles. The van der Waals surface area contributed by atoms with Gasteiger partial charge in [-0.3, -0.25) is 0 Å². The number of halogens is 1. The van der Waals surface area contributed by atoms with Crippen LogP contribution in [0.2, 0.25) is 5.02 Å². The maximum absolute atomic E-state index is 10.5. The highest BCUT2D eigenvalue weighted by atomic mass is 35.5. The van der Waals surface area contributed by atoms with Gasteiger partial charge in [0.05, 0.1) is 11.2 Å². The first-order valence-corrected chi connectivity index (χ1v) is 11.0. The van der Waals surface area contributed by atoms with Crippen LogP contribution in [-0.4, -0.2) is 23.8 Å². The number of hydrogen-bond donors (Lipinski definition) is 1. The molecule has 1 aliphatic rings. The summed E-state index contributed by atoms with van der Waals surface area (Å²) in [5, 5.41) is 13.7. The smallest absolute Gasteiger partial charge is 0.331 e. The predicted molar refractivity (Wildman–Crippen MR) is 128 cm³/mol. The minimum Gasteiger partial charge on any atom is -0.427 e. The Kier molecular flexibility index (Phi) is 5.51. The van der Waals surface area contributed by atoms with E-state index in [1.54, 1.807) is 21.3 Å². The Bertz CT molecular complexity index is 1090. The summed E-state index contributed by atoms with van der Waals surface area (Å²) in [5.41, 5.74) is 4.15. The topological polar surface area (TPSA) is 29.5 Å². The fourth-order valence-electron chi connectivity index (χ4n) is 3.75. The van der Waals surface area contributed by atoms with E-state index >= 15 is 0 Å². The van der Waals surface area contributed by atoms with Gasteiger partial charge in [-0.15, -0.1) is 0 Å². The van der Waals surface area contributed by atoms with E-state index in [4.69, 9.17) is 16.3 Å². The van der Waals surface area contributed by atoms with Gasteiger partial charge in [-0.1, -0.05) is 41.9 Å². The highest BCUT2D eigenvalue weighted by Gasteiger charge is 2.36. The maximum Gasteiger partial charge on any atom is 0.331 e. The van der Waals surface area contributed by atoms with Gasteiger partial charge in [-0.05, 0) is 110 Å². The van der Waals surface area contributed by atoms with E-state index in [1.165, 1.54) is 45.9 Å². The van der Waals surface area contributed by atoms with Crippen molar-refractivity contribution in [2.24, 2.45) is 0 Å². The molecule has 0 aliphatic heterocycles. The van der Waals surface area contributed by atoms with Gasteiger partial charge in [0.1, 0.15) is 0 Å². The zero-order chi connectivity index (χ0) is 21.7. The molecule has 0 aromatic heterocycles. The van der Waals surface area contributed by atoms with E-state index in [9.17, 15) is 5.11 Å². The Morgan fingerprint density at radius 1 is 1.00 bits per heavy atom. The minimum atomic E-state index is -0.986. The molecule has 2 nitrogen and oxygen atoms in total. The van der Waals surface area contributed by atoms with Crippen molar-refractivity contribution in [2.45, 2.75) is 64.6 Å². The number of rotatable bonds is 6. The molecule has 4 heteroatoms. The zero-order valence-corrected chi connectivity index (χ0v) is 19.2. The second-order valence-corrected chi connectivity index (χ2v) is 9.99. The van der Waals surface area contributed by atoms with Crippen molar-refractivity contribution < 1.29 is 9.76 Å².